The predicted molar refractivity (Wildman–Crippen MR) is 308 cm³/mol. The van der Waals surface area contributed by atoms with Crippen LogP contribution in [-0.2, 0) is 33.3 Å². The van der Waals surface area contributed by atoms with Crippen molar-refractivity contribution in [2.75, 3.05) is 47.5 Å². The van der Waals surface area contributed by atoms with Crippen molar-refractivity contribution in [3.63, 3.8) is 0 Å². The summed E-state index contributed by atoms with van der Waals surface area (Å²) >= 11 is 0. The van der Waals surface area contributed by atoms with E-state index in [1.807, 2.05) is 21.1 Å². The number of rotatable bonds is 48. The third-order valence-corrected chi connectivity index (χ3v) is 10.8. The second-order valence-corrected chi connectivity index (χ2v) is 18.8. The molecule has 73 heavy (non-hydrogen) atoms. The van der Waals surface area contributed by atoms with Gasteiger partial charge in [-0.1, -0.05) is 191 Å². The minimum absolute atomic E-state index is 0.166. The topological polar surface area (TPSA) is 108 Å². The van der Waals surface area contributed by atoms with Crippen molar-refractivity contribution in [1.82, 2.24) is 0 Å². The van der Waals surface area contributed by atoms with E-state index in [1.54, 1.807) is 0 Å². The molecular formula is C64H100NO8+. The number of aliphatic carboxylic acids is 1. The van der Waals surface area contributed by atoms with Gasteiger partial charge in [0.05, 0.1) is 34.4 Å². The van der Waals surface area contributed by atoms with E-state index < -0.39 is 30.3 Å². The van der Waals surface area contributed by atoms with E-state index in [-0.39, 0.29) is 32.7 Å². The Morgan fingerprint density at radius 1 is 0.411 bits per heavy atom. The molecule has 0 aliphatic rings. The largest absolute Gasteiger partial charge is 0.477 e. The quantitative estimate of drug-likeness (QED) is 0.0211. The summed E-state index contributed by atoms with van der Waals surface area (Å²) in [5.74, 6) is -2.11. The fraction of sp³-hybridized carbons (Fsp3) is 0.547. The number of quaternary nitrogens is 1. The first-order valence-electron chi connectivity index (χ1n) is 27.6. The number of carboxylic acids is 1. The van der Waals surface area contributed by atoms with Gasteiger partial charge < -0.3 is 28.5 Å². The highest BCUT2D eigenvalue weighted by Crippen LogP contribution is 2.11. The summed E-state index contributed by atoms with van der Waals surface area (Å²) in [6, 6.07) is 0. The summed E-state index contributed by atoms with van der Waals surface area (Å²) in [6.07, 6.45) is 76.0. The van der Waals surface area contributed by atoms with Crippen LogP contribution in [0.15, 0.2) is 158 Å². The molecule has 0 aromatic rings. The lowest BCUT2D eigenvalue weighted by molar-refractivity contribution is -0.870. The lowest BCUT2D eigenvalue weighted by Gasteiger charge is -2.25. The summed E-state index contributed by atoms with van der Waals surface area (Å²) < 4.78 is 22.8. The van der Waals surface area contributed by atoms with E-state index in [2.05, 4.69) is 172 Å². The molecule has 0 aliphatic heterocycles. The second-order valence-electron chi connectivity index (χ2n) is 18.8. The molecule has 0 fully saturated rings. The molecule has 0 aromatic heterocycles. The van der Waals surface area contributed by atoms with Crippen LogP contribution in [0.5, 0.6) is 0 Å². The Kier molecular flexibility index (Phi) is 49.5. The molecule has 1 N–H and O–H groups in total. The van der Waals surface area contributed by atoms with Crippen LogP contribution in [0.3, 0.4) is 0 Å². The highest BCUT2D eigenvalue weighted by Gasteiger charge is 2.25. The molecule has 0 heterocycles. The number of nitrogens with zero attached hydrogens (tertiary/aromatic N) is 1. The van der Waals surface area contributed by atoms with Gasteiger partial charge in [0.25, 0.3) is 6.29 Å². The van der Waals surface area contributed by atoms with E-state index in [1.165, 1.54) is 0 Å². The molecule has 0 bridgehead atoms. The standard InChI is InChI=1S/C64H99NO8/c1-6-8-10-12-14-16-18-20-22-24-26-27-28-29-30-31-32-33-34-35-37-39-41-43-45-47-49-51-53-55-62(67)73-60(59-72-64(63(68)69)70-57-56-65(3,4)5)58-71-61(66)54-52-50-48-46-44-42-40-38-36-25-23-21-19-17-15-13-11-9-7-2/h8-11,14-17,20-23,26-27,29-30,32-33,35-38,41-44,60,64H,6-7,12-13,18-19,24-25,28,31,34,39-40,45-59H2,1-5H3/p+1/b10-8-,11-9-,16-14-,17-15-,22-20-,23-21-,27-26-,30-29-,33-32-,37-35-,38-36-,43-41-,44-42-. The molecular weight excluding hydrogens is 911 g/mol. The van der Waals surface area contributed by atoms with Crippen molar-refractivity contribution in [1.29, 1.82) is 0 Å². The Hall–Kier alpha value is -5.09. The SMILES string of the molecule is CC/C=C\C/C=C\C/C=C\C/C=C\C/C=C\C/C=C\C/C=C\C/C=C\CCCCCCC(=O)OC(COC(=O)CCCCC/C=C\C/C=C\C/C=C\C/C=C\C/C=C\CC)COC(OCC[N+](C)(C)C)C(=O)O. The first-order valence-corrected chi connectivity index (χ1v) is 27.6. The molecule has 9 nitrogen and oxygen atoms in total. The van der Waals surface area contributed by atoms with Gasteiger partial charge in [0.15, 0.2) is 6.10 Å². The van der Waals surface area contributed by atoms with Crippen molar-refractivity contribution in [3.8, 4) is 0 Å². The van der Waals surface area contributed by atoms with E-state index in [0.29, 0.717) is 23.9 Å². The molecule has 0 radical (unpaired) electrons. The smallest absolute Gasteiger partial charge is 0.361 e. The van der Waals surface area contributed by atoms with Crippen LogP contribution in [0.25, 0.3) is 0 Å². The summed E-state index contributed by atoms with van der Waals surface area (Å²) in [5.41, 5.74) is 0. The Morgan fingerprint density at radius 2 is 0.740 bits per heavy atom. The lowest BCUT2D eigenvalue weighted by Crippen LogP contribution is -2.40. The monoisotopic (exact) mass is 1010 g/mol. The Balaban J connectivity index is 4.45. The molecule has 408 valence electrons. The highest BCUT2D eigenvalue weighted by molar-refractivity contribution is 5.71. The zero-order valence-corrected chi connectivity index (χ0v) is 46.2. The van der Waals surface area contributed by atoms with E-state index in [0.717, 1.165) is 128 Å². The lowest BCUT2D eigenvalue weighted by atomic mass is 10.1. The molecule has 2 atom stereocenters. The Morgan fingerprint density at radius 3 is 1.10 bits per heavy atom. The summed E-state index contributed by atoms with van der Waals surface area (Å²) in [5, 5.41) is 9.69. The maximum atomic E-state index is 12.9. The average Bonchev–Trinajstić information content (AvgIpc) is 3.36. The van der Waals surface area contributed by atoms with E-state index >= 15 is 0 Å². The fourth-order valence-electron chi connectivity index (χ4n) is 6.58. The fourth-order valence-corrected chi connectivity index (χ4v) is 6.58. The number of allylic oxidation sites excluding steroid dienone is 26. The van der Waals surface area contributed by atoms with Gasteiger partial charge in [-0.25, -0.2) is 4.79 Å². The van der Waals surface area contributed by atoms with Crippen molar-refractivity contribution in [2.24, 2.45) is 0 Å². The number of carboxylic acid groups (broad SMARTS) is 1. The van der Waals surface area contributed by atoms with Gasteiger partial charge in [0, 0.05) is 12.8 Å². The summed E-state index contributed by atoms with van der Waals surface area (Å²) in [6.45, 7) is 4.54. The number of carbonyl (C=O) groups is 3. The molecule has 0 aromatic carbocycles. The van der Waals surface area contributed by atoms with Crippen LogP contribution >= 0.6 is 0 Å². The van der Waals surface area contributed by atoms with E-state index in [4.69, 9.17) is 18.9 Å². The molecule has 9 heteroatoms. The van der Waals surface area contributed by atoms with Crippen molar-refractivity contribution < 1.29 is 42.9 Å². The van der Waals surface area contributed by atoms with Gasteiger partial charge in [-0.2, -0.15) is 0 Å². The van der Waals surface area contributed by atoms with Gasteiger partial charge in [-0.05, 0) is 122 Å². The number of ether oxygens (including phenoxy) is 4. The number of hydrogen-bond acceptors (Lipinski definition) is 7. The second kappa shape index (κ2) is 53.2. The number of likely N-dealkylation sites (N-methyl/N-ethyl adjacent to an activating group) is 1. The molecule has 0 spiro atoms. The first kappa shape index (κ1) is 67.9. The van der Waals surface area contributed by atoms with Gasteiger partial charge in [0.2, 0.25) is 0 Å². The Labute approximate surface area is 444 Å². The zero-order chi connectivity index (χ0) is 53.4. The molecule has 0 saturated carbocycles. The third kappa shape index (κ3) is 54.5. The van der Waals surface area contributed by atoms with Gasteiger partial charge in [0.1, 0.15) is 13.2 Å². The Bertz CT molecular complexity index is 1750. The maximum Gasteiger partial charge on any atom is 0.361 e. The number of carbonyl (C=O) groups excluding carboxylic acids is 2. The minimum Gasteiger partial charge on any atom is -0.477 e. The van der Waals surface area contributed by atoms with Crippen molar-refractivity contribution >= 4 is 17.9 Å². The zero-order valence-electron chi connectivity index (χ0n) is 46.2. The molecule has 0 amide bonds. The van der Waals surface area contributed by atoms with Gasteiger partial charge >= 0.3 is 17.9 Å². The first-order chi connectivity index (χ1) is 35.6. The van der Waals surface area contributed by atoms with Crippen LogP contribution in [0.1, 0.15) is 168 Å². The molecule has 0 rings (SSSR count). The molecule has 2 unspecified atom stereocenters. The van der Waals surface area contributed by atoms with Gasteiger partial charge in [-0.3, -0.25) is 9.59 Å². The van der Waals surface area contributed by atoms with Crippen LogP contribution in [-0.4, -0.2) is 87.4 Å². The number of esters is 2. The highest BCUT2D eigenvalue weighted by atomic mass is 16.7. The van der Waals surface area contributed by atoms with Crippen LogP contribution in [0, 0.1) is 0 Å². The van der Waals surface area contributed by atoms with Crippen LogP contribution < -0.4 is 0 Å². The third-order valence-electron chi connectivity index (χ3n) is 10.8. The maximum absolute atomic E-state index is 12.9. The van der Waals surface area contributed by atoms with Crippen LogP contribution in [0.2, 0.25) is 0 Å². The normalized spacial score (nSPS) is 14.0. The minimum atomic E-state index is -1.54. The average molecular weight is 1010 g/mol. The summed E-state index contributed by atoms with van der Waals surface area (Å²) in [7, 11) is 5.93. The summed E-state index contributed by atoms with van der Waals surface area (Å²) in [4.78, 5) is 37.4. The van der Waals surface area contributed by atoms with Crippen LogP contribution in [0.4, 0.5) is 0 Å². The van der Waals surface area contributed by atoms with E-state index in [9.17, 15) is 19.5 Å². The number of hydrogen-bond donors (Lipinski definition) is 1. The molecule has 0 aliphatic carbocycles. The predicted octanol–water partition coefficient (Wildman–Crippen LogP) is 16.2. The van der Waals surface area contributed by atoms with Gasteiger partial charge in [-0.15, -0.1) is 0 Å². The molecule has 0 saturated heterocycles. The van der Waals surface area contributed by atoms with Crippen molar-refractivity contribution in [2.45, 2.75) is 180 Å². The number of unbranched alkanes of at least 4 members (excludes halogenated alkanes) is 7. The van der Waals surface area contributed by atoms with Crippen molar-refractivity contribution in [3.05, 3.63) is 158 Å².